The minimum Gasteiger partial charge on any atom is -0.505 e. The van der Waals surface area contributed by atoms with Gasteiger partial charge in [-0.1, -0.05) is 25.3 Å². The quantitative estimate of drug-likeness (QED) is 0.838. The number of hydrogen-bond acceptors (Lipinski definition) is 3. The van der Waals surface area contributed by atoms with Crippen molar-refractivity contribution >= 4 is 15.7 Å². The number of phenols is 1. The Morgan fingerprint density at radius 2 is 1.79 bits per heavy atom. The predicted octanol–water partition coefficient (Wildman–Crippen LogP) is 3.08. The molecule has 0 amide bonds. The predicted molar refractivity (Wildman–Crippen MR) is 77.0 cm³/mol. The van der Waals surface area contributed by atoms with Crippen molar-refractivity contribution in [3.8, 4) is 5.75 Å². The maximum absolute atomic E-state index is 12.3. The first-order valence-corrected chi connectivity index (χ1v) is 8.26. The van der Waals surface area contributed by atoms with E-state index in [1.807, 2.05) is 13.0 Å². The third-order valence-corrected chi connectivity index (χ3v) is 5.54. The average Bonchev–Trinajstić information content (AvgIpc) is 2.36. The third kappa shape index (κ3) is 3.21. The van der Waals surface area contributed by atoms with Crippen LogP contribution in [0, 0.1) is 13.8 Å². The summed E-state index contributed by atoms with van der Waals surface area (Å²) in [7, 11) is -3.40. The van der Waals surface area contributed by atoms with Crippen molar-refractivity contribution < 1.29 is 13.5 Å². The normalized spacial score (nSPS) is 17.4. The van der Waals surface area contributed by atoms with E-state index in [2.05, 4.69) is 4.72 Å². The lowest BCUT2D eigenvalue weighted by Crippen LogP contribution is -2.29. The fourth-order valence-corrected chi connectivity index (χ4v) is 4.23. The standard InChI is InChI=1S/C14H21NO3S/c1-10-8-11(2)14(16)13(9-10)15-19(17,18)12-6-4-3-5-7-12/h8-9,12,15-16H,3-7H2,1-2H3. The fraction of sp³-hybridized carbons (Fsp3) is 0.571. The largest absolute Gasteiger partial charge is 0.505 e. The zero-order chi connectivity index (χ0) is 14.0. The molecule has 1 saturated carbocycles. The topological polar surface area (TPSA) is 66.4 Å². The number of anilines is 1. The van der Waals surface area contributed by atoms with Gasteiger partial charge in [0.2, 0.25) is 10.0 Å². The Bertz CT molecular complexity index is 560. The summed E-state index contributed by atoms with van der Waals surface area (Å²) in [4.78, 5) is 0. The van der Waals surface area contributed by atoms with Crippen LogP contribution in [0.5, 0.6) is 5.75 Å². The molecule has 2 rings (SSSR count). The van der Waals surface area contributed by atoms with Crippen LogP contribution < -0.4 is 4.72 Å². The Kier molecular flexibility index (Phi) is 4.04. The number of benzene rings is 1. The molecule has 1 aliphatic rings. The summed E-state index contributed by atoms with van der Waals surface area (Å²) in [6, 6.07) is 3.50. The van der Waals surface area contributed by atoms with Crippen LogP contribution in [0.25, 0.3) is 0 Å². The molecule has 0 heterocycles. The van der Waals surface area contributed by atoms with E-state index in [-0.39, 0.29) is 11.0 Å². The summed E-state index contributed by atoms with van der Waals surface area (Å²) in [5.74, 6) is 0.0185. The lowest BCUT2D eigenvalue weighted by Gasteiger charge is -2.23. The molecule has 0 spiro atoms. The Hall–Kier alpha value is -1.23. The molecule has 0 aliphatic heterocycles. The molecular formula is C14H21NO3S. The maximum Gasteiger partial charge on any atom is 0.235 e. The molecule has 2 N–H and O–H groups in total. The second-order valence-electron chi connectivity index (χ2n) is 5.39. The van der Waals surface area contributed by atoms with Gasteiger partial charge in [0.05, 0.1) is 10.9 Å². The number of nitrogens with one attached hydrogen (secondary N) is 1. The molecule has 0 saturated heterocycles. The van der Waals surface area contributed by atoms with Gasteiger partial charge in [0.1, 0.15) is 5.75 Å². The van der Waals surface area contributed by atoms with Crippen molar-refractivity contribution in [2.24, 2.45) is 0 Å². The van der Waals surface area contributed by atoms with E-state index < -0.39 is 10.0 Å². The molecule has 19 heavy (non-hydrogen) atoms. The molecule has 0 atom stereocenters. The van der Waals surface area contributed by atoms with Gasteiger partial charge in [0, 0.05) is 0 Å². The lowest BCUT2D eigenvalue weighted by atomic mass is 10.0. The van der Waals surface area contributed by atoms with Crippen LogP contribution >= 0.6 is 0 Å². The van der Waals surface area contributed by atoms with Crippen LogP contribution in [0.3, 0.4) is 0 Å². The van der Waals surface area contributed by atoms with Gasteiger partial charge in [-0.05, 0) is 43.9 Å². The van der Waals surface area contributed by atoms with Gasteiger partial charge in [0.25, 0.3) is 0 Å². The minimum atomic E-state index is -3.40. The number of aromatic hydroxyl groups is 1. The summed E-state index contributed by atoms with van der Waals surface area (Å²) in [6.07, 6.45) is 4.46. The van der Waals surface area contributed by atoms with E-state index in [9.17, 15) is 13.5 Å². The van der Waals surface area contributed by atoms with Crippen molar-refractivity contribution in [3.05, 3.63) is 23.3 Å². The molecule has 5 heteroatoms. The van der Waals surface area contributed by atoms with Crippen molar-refractivity contribution in [1.82, 2.24) is 0 Å². The van der Waals surface area contributed by atoms with Crippen LogP contribution in [-0.4, -0.2) is 18.8 Å². The molecule has 0 unspecified atom stereocenters. The van der Waals surface area contributed by atoms with Crippen molar-refractivity contribution in [2.45, 2.75) is 51.2 Å². The van der Waals surface area contributed by atoms with Gasteiger partial charge in [0.15, 0.2) is 0 Å². The third-order valence-electron chi connectivity index (χ3n) is 3.69. The first-order valence-electron chi connectivity index (χ1n) is 6.72. The first kappa shape index (κ1) is 14.2. The van der Waals surface area contributed by atoms with Crippen LogP contribution in [0.15, 0.2) is 12.1 Å². The monoisotopic (exact) mass is 283 g/mol. The minimum absolute atomic E-state index is 0.0185. The smallest absolute Gasteiger partial charge is 0.235 e. The molecule has 0 bridgehead atoms. The van der Waals surface area contributed by atoms with E-state index in [4.69, 9.17) is 0 Å². The summed E-state index contributed by atoms with van der Waals surface area (Å²) < 4.78 is 27.2. The molecule has 1 fully saturated rings. The van der Waals surface area contributed by atoms with Gasteiger partial charge in [-0.15, -0.1) is 0 Å². The van der Waals surface area contributed by atoms with Crippen LogP contribution in [-0.2, 0) is 10.0 Å². The second kappa shape index (κ2) is 5.41. The van der Waals surface area contributed by atoms with E-state index in [0.29, 0.717) is 24.1 Å². The van der Waals surface area contributed by atoms with Crippen LogP contribution in [0.2, 0.25) is 0 Å². The van der Waals surface area contributed by atoms with Gasteiger partial charge < -0.3 is 5.11 Å². The van der Waals surface area contributed by atoms with E-state index >= 15 is 0 Å². The van der Waals surface area contributed by atoms with Gasteiger partial charge >= 0.3 is 0 Å². The molecule has 4 nitrogen and oxygen atoms in total. The van der Waals surface area contributed by atoms with E-state index in [1.54, 1.807) is 13.0 Å². The van der Waals surface area contributed by atoms with Crippen molar-refractivity contribution in [2.75, 3.05) is 4.72 Å². The molecule has 1 aliphatic carbocycles. The summed E-state index contributed by atoms with van der Waals surface area (Å²) >= 11 is 0. The number of hydrogen-bond donors (Lipinski definition) is 2. The summed E-state index contributed by atoms with van der Waals surface area (Å²) in [5, 5.41) is 9.62. The SMILES string of the molecule is Cc1cc(C)c(O)c(NS(=O)(=O)C2CCCCC2)c1. The highest BCUT2D eigenvalue weighted by Crippen LogP contribution is 2.32. The zero-order valence-electron chi connectivity index (χ0n) is 11.4. The molecule has 106 valence electrons. The molecular weight excluding hydrogens is 262 g/mol. The molecule has 0 radical (unpaired) electrons. The molecule has 0 aromatic heterocycles. The van der Waals surface area contributed by atoms with E-state index in [1.165, 1.54) is 0 Å². The summed E-state index contributed by atoms with van der Waals surface area (Å²) in [6.45, 7) is 3.64. The Labute approximate surface area is 114 Å². The van der Waals surface area contributed by atoms with Gasteiger partial charge in [-0.25, -0.2) is 8.42 Å². The van der Waals surface area contributed by atoms with Crippen LogP contribution in [0.1, 0.15) is 43.2 Å². The number of phenolic OH excluding ortho intramolecular Hbond substituents is 1. The Morgan fingerprint density at radius 1 is 1.16 bits per heavy atom. The van der Waals surface area contributed by atoms with Crippen LogP contribution in [0.4, 0.5) is 5.69 Å². The lowest BCUT2D eigenvalue weighted by molar-refractivity contribution is 0.472. The molecule has 1 aromatic rings. The highest BCUT2D eigenvalue weighted by molar-refractivity contribution is 7.93. The maximum atomic E-state index is 12.3. The molecule has 1 aromatic carbocycles. The van der Waals surface area contributed by atoms with E-state index in [0.717, 1.165) is 24.8 Å². The number of aryl methyl sites for hydroxylation is 2. The highest BCUT2D eigenvalue weighted by atomic mass is 32.2. The number of sulfonamides is 1. The second-order valence-corrected chi connectivity index (χ2v) is 7.35. The summed E-state index contributed by atoms with van der Waals surface area (Å²) in [5.41, 5.74) is 1.90. The number of rotatable bonds is 3. The van der Waals surface area contributed by atoms with Gasteiger partial charge in [-0.3, -0.25) is 4.72 Å². The first-order chi connectivity index (χ1) is 8.90. The fourth-order valence-electron chi connectivity index (χ4n) is 2.65. The Balaban J connectivity index is 2.25. The Morgan fingerprint density at radius 3 is 2.42 bits per heavy atom. The van der Waals surface area contributed by atoms with Crippen molar-refractivity contribution in [3.63, 3.8) is 0 Å². The van der Waals surface area contributed by atoms with Crippen molar-refractivity contribution in [1.29, 1.82) is 0 Å². The average molecular weight is 283 g/mol. The zero-order valence-corrected chi connectivity index (χ0v) is 12.3. The van der Waals surface area contributed by atoms with Gasteiger partial charge in [-0.2, -0.15) is 0 Å². The highest BCUT2D eigenvalue weighted by Gasteiger charge is 2.28.